The fourth-order valence-corrected chi connectivity index (χ4v) is 3.59. The Labute approximate surface area is 172 Å². The maximum absolute atomic E-state index is 12.3. The van der Waals surface area contributed by atoms with E-state index in [1.165, 1.54) is 42.5 Å². The molecule has 0 atom stereocenters. The number of hydrogen-bond acceptors (Lipinski definition) is 4. The van der Waals surface area contributed by atoms with Crippen LogP contribution in [0.2, 0.25) is 0 Å². The van der Waals surface area contributed by atoms with E-state index in [-0.39, 0.29) is 16.4 Å². The Balaban J connectivity index is 1.69. The maximum atomic E-state index is 12.3. The van der Waals surface area contributed by atoms with Crippen LogP contribution in [0.25, 0.3) is 6.08 Å². The van der Waals surface area contributed by atoms with Crippen LogP contribution in [0.15, 0.2) is 88.2 Å². The van der Waals surface area contributed by atoms with Crippen LogP contribution in [0.5, 0.6) is 5.75 Å². The van der Waals surface area contributed by atoms with Gasteiger partial charge >= 0.3 is 10.1 Å². The highest BCUT2D eigenvalue weighted by molar-refractivity contribution is 9.10. The minimum Gasteiger partial charge on any atom is -0.379 e. The van der Waals surface area contributed by atoms with Gasteiger partial charge in [0.05, 0.1) is 0 Å². The highest BCUT2D eigenvalue weighted by Crippen LogP contribution is 2.20. The molecule has 0 aromatic heterocycles. The lowest BCUT2D eigenvalue weighted by molar-refractivity contribution is 0.104. The quantitative estimate of drug-likeness (QED) is 0.282. The largest absolute Gasteiger partial charge is 0.379 e. The first kappa shape index (κ1) is 20.0. The van der Waals surface area contributed by atoms with Gasteiger partial charge in [-0.3, -0.25) is 4.79 Å². The normalized spacial score (nSPS) is 11.5. The van der Waals surface area contributed by atoms with Gasteiger partial charge in [-0.25, -0.2) is 0 Å². The van der Waals surface area contributed by atoms with Gasteiger partial charge in [0.1, 0.15) is 10.6 Å². The molecular formula is C22H17BrO4S. The van der Waals surface area contributed by atoms with E-state index in [4.69, 9.17) is 4.18 Å². The molecule has 0 amide bonds. The lowest BCUT2D eigenvalue weighted by Crippen LogP contribution is -2.09. The van der Waals surface area contributed by atoms with Gasteiger partial charge in [-0.1, -0.05) is 51.8 Å². The first-order valence-electron chi connectivity index (χ1n) is 8.43. The molecule has 0 bridgehead atoms. The first-order valence-corrected chi connectivity index (χ1v) is 10.6. The summed E-state index contributed by atoms with van der Waals surface area (Å²) in [6.07, 6.45) is 3.20. The van der Waals surface area contributed by atoms with E-state index < -0.39 is 10.1 Å². The summed E-state index contributed by atoms with van der Waals surface area (Å²) in [5.41, 5.74) is 2.30. The summed E-state index contributed by atoms with van der Waals surface area (Å²) in [5, 5.41) is 0. The van der Waals surface area contributed by atoms with Gasteiger partial charge in [0.2, 0.25) is 0 Å². The summed E-state index contributed by atoms with van der Waals surface area (Å²) in [7, 11) is -3.92. The Morgan fingerprint density at radius 1 is 0.893 bits per heavy atom. The average Bonchev–Trinajstić information content (AvgIpc) is 2.68. The SMILES string of the molecule is Cc1ccc(S(=O)(=O)Oc2ccc(C(=O)/C=C/c3ccc(Br)cc3)cc2)cc1. The third-order valence-corrected chi connectivity index (χ3v) is 5.74. The van der Waals surface area contributed by atoms with Crippen molar-refractivity contribution in [2.75, 3.05) is 0 Å². The van der Waals surface area contributed by atoms with Crippen LogP contribution in [0, 0.1) is 6.92 Å². The number of aryl methyl sites for hydroxylation is 1. The van der Waals surface area contributed by atoms with Crippen molar-refractivity contribution in [3.8, 4) is 5.75 Å². The molecule has 0 N–H and O–H groups in total. The summed E-state index contributed by atoms with van der Waals surface area (Å²) in [6.45, 7) is 1.87. The zero-order valence-corrected chi connectivity index (χ0v) is 17.4. The number of ketones is 1. The summed E-state index contributed by atoms with van der Waals surface area (Å²) in [6, 6.07) is 20.0. The molecule has 0 saturated carbocycles. The van der Waals surface area contributed by atoms with Gasteiger partial charge in [0, 0.05) is 10.0 Å². The molecule has 3 aromatic carbocycles. The van der Waals surface area contributed by atoms with Crippen LogP contribution in [-0.2, 0) is 10.1 Å². The van der Waals surface area contributed by atoms with Crippen LogP contribution < -0.4 is 4.18 Å². The smallest absolute Gasteiger partial charge is 0.339 e. The number of hydrogen-bond donors (Lipinski definition) is 0. The second-order valence-electron chi connectivity index (χ2n) is 6.12. The summed E-state index contributed by atoms with van der Waals surface area (Å²) >= 11 is 3.36. The van der Waals surface area contributed by atoms with E-state index in [9.17, 15) is 13.2 Å². The topological polar surface area (TPSA) is 60.4 Å². The molecule has 0 heterocycles. The molecule has 0 aliphatic heterocycles. The summed E-state index contributed by atoms with van der Waals surface area (Å²) in [5.74, 6) is -0.0372. The average molecular weight is 457 g/mol. The lowest BCUT2D eigenvalue weighted by atomic mass is 10.1. The second-order valence-corrected chi connectivity index (χ2v) is 8.59. The second kappa shape index (κ2) is 8.54. The predicted octanol–water partition coefficient (Wildman–Crippen LogP) is 5.42. The maximum Gasteiger partial charge on any atom is 0.339 e. The Morgan fingerprint density at radius 3 is 2.11 bits per heavy atom. The Kier molecular flexibility index (Phi) is 6.11. The molecule has 3 aromatic rings. The van der Waals surface area contributed by atoms with Crippen LogP contribution in [0.4, 0.5) is 0 Å². The molecule has 0 unspecified atom stereocenters. The van der Waals surface area contributed by atoms with Crippen LogP contribution in [0.3, 0.4) is 0 Å². The van der Waals surface area contributed by atoms with Crippen molar-refractivity contribution < 1.29 is 17.4 Å². The van der Waals surface area contributed by atoms with E-state index in [2.05, 4.69) is 15.9 Å². The number of carbonyl (C=O) groups excluding carboxylic acids is 1. The highest BCUT2D eigenvalue weighted by atomic mass is 79.9. The van der Waals surface area contributed by atoms with E-state index >= 15 is 0 Å². The van der Waals surface area contributed by atoms with Gasteiger partial charge in [-0.15, -0.1) is 0 Å². The zero-order chi connectivity index (χ0) is 20.1. The summed E-state index contributed by atoms with van der Waals surface area (Å²) in [4.78, 5) is 12.4. The molecular weight excluding hydrogens is 440 g/mol. The Hall–Kier alpha value is -2.70. The van der Waals surface area contributed by atoms with E-state index in [1.807, 2.05) is 31.2 Å². The number of allylic oxidation sites excluding steroid dienone is 1. The Bertz CT molecular complexity index is 1100. The van der Waals surface area contributed by atoms with Gasteiger partial charge in [-0.05, 0) is 67.1 Å². The molecule has 6 heteroatoms. The minimum atomic E-state index is -3.92. The molecule has 4 nitrogen and oxygen atoms in total. The monoisotopic (exact) mass is 456 g/mol. The third-order valence-electron chi connectivity index (χ3n) is 3.95. The molecule has 28 heavy (non-hydrogen) atoms. The molecule has 0 aliphatic rings. The fraction of sp³-hybridized carbons (Fsp3) is 0.0455. The van der Waals surface area contributed by atoms with Crippen molar-refractivity contribution in [1.29, 1.82) is 0 Å². The van der Waals surface area contributed by atoms with Gasteiger partial charge in [-0.2, -0.15) is 8.42 Å². The molecule has 0 fully saturated rings. The van der Waals surface area contributed by atoms with E-state index in [1.54, 1.807) is 18.2 Å². The molecule has 0 spiro atoms. The van der Waals surface area contributed by atoms with Crippen molar-refractivity contribution in [1.82, 2.24) is 0 Å². The highest BCUT2D eigenvalue weighted by Gasteiger charge is 2.16. The van der Waals surface area contributed by atoms with Crippen molar-refractivity contribution >= 4 is 37.9 Å². The van der Waals surface area contributed by atoms with E-state index in [0.717, 1.165) is 15.6 Å². The van der Waals surface area contributed by atoms with Crippen molar-refractivity contribution in [3.05, 3.63) is 100 Å². The lowest BCUT2D eigenvalue weighted by Gasteiger charge is -2.07. The van der Waals surface area contributed by atoms with Crippen LogP contribution >= 0.6 is 15.9 Å². The van der Waals surface area contributed by atoms with Gasteiger partial charge in [0.25, 0.3) is 0 Å². The third kappa shape index (κ3) is 5.18. The predicted molar refractivity (Wildman–Crippen MR) is 113 cm³/mol. The Morgan fingerprint density at radius 2 is 1.50 bits per heavy atom. The molecule has 0 saturated heterocycles. The number of halogens is 1. The molecule has 3 rings (SSSR count). The van der Waals surface area contributed by atoms with Gasteiger partial charge in [0.15, 0.2) is 5.78 Å². The van der Waals surface area contributed by atoms with Crippen LogP contribution in [-0.4, -0.2) is 14.2 Å². The number of carbonyl (C=O) groups is 1. The summed E-state index contributed by atoms with van der Waals surface area (Å²) < 4.78 is 30.7. The number of rotatable bonds is 6. The molecule has 0 radical (unpaired) electrons. The zero-order valence-electron chi connectivity index (χ0n) is 15.0. The fourth-order valence-electron chi connectivity index (χ4n) is 2.40. The standard InChI is InChI=1S/C22H17BrO4S/c1-16-2-13-21(14-3-16)28(25,26)27-20-11-7-18(8-12-20)22(24)15-6-17-4-9-19(23)10-5-17/h2-15H,1H3/b15-6+. The van der Waals surface area contributed by atoms with Gasteiger partial charge < -0.3 is 4.18 Å². The molecule has 0 aliphatic carbocycles. The molecule has 142 valence electrons. The van der Waals surface area contributed by atoms with Crippen molar-refractivity contribution in [3.63, 3.8) is 0 Å². The number of benzene rings is 3. The van der Waals surface area contributed by atoms with Crippen molar-refractivity contribution in [2.45, 2.75) is 11.8 Å². The van der Waals surface area contributed by atoms with Crippen LogP contribution in [0.1, 0.15) is 21.5 Å². The minimum absolute atomic E-state index is 0.0793. The first-order chi connectivity index (χ1) is 13.3. The van der Waals surface area contributed by atoms with Crippen molar-refractivity contribution in [2.24, 2.45) is 0 Å². The van der Waals surface area contributed by atoms with E-state index in [0.29, 0.717) is 5.56 Å².